The van der Waals surface area contributed by atoms with Gasteiger partial charge in [0.05, 0.1) is 10.6 Å². The molecule has 0 radical (unpaired) electrons. The van der Waals surface area contributed by atoms with E-state index >= 15 is 0 Å². The van der Waals surface area contributed by atoms with Gasteiger partial charge in [-0.3, -0.25) is 9.59 Å². The van der Waals surface area contributed by atoms with Crippen LogP contribution in [0.4, 0.5) is 0 Å². The van der Waals surface area contributed by atoms with Crippen molar-refractivity contribution in [3.05, 3.63) is 40.7 Å². The number of carboxylic acid groups (broad SMARTS) is 1. The average molecular weight is 289 g/mol. The van der Waals surface area contributed by atoms with Crippen LogP contribution in [0.25, 0.3) is 0 Å². The van der Waals surface area contributed by atoms with Crippen LogP contribution < -0.4 is 0 Å². The van der Waals surface area contributed by atoms with Crippen LogP contribution in [0.3, 0.4) is 0 Å². The highest BCUT2D eigenvalue weighted by Gasteiger charge is 2.20. The molecule has 0 bridgehead atoms. The molecule has 1 aromatic heterocycles. The second-order valence-corrected chi connectivity index (χ2v) is 4.15. The summed E-state index contributed by atoms with van der Waals surface area (Å²) in [7, 11) is 0. The second kappa shape index (κ2) is 6.37. The average Bonchev–Trinajstić information content (AvgIpc) is 2.30. The van der Waals surface area contributed by atoms with E-state index in [0.29, 0.717) is 0 Å². The van der Waals surface area contributed by atoms with Crippen molar-refractivity contribution in [2.24, 2.45) is 0 Å². The van der Waals surface area contributed by atoms with Gasteiger partial charge >= 0.3 is 5.97 Å². The summed E-state index contributed by atoms with van der Waals surface area (Å²) in [6.07, 6.45) is 2.67. The lowest BCUT2D eigenvalue weighted by atomic mass is 10.2. The molecule has 0 saturated carbocycles. The number of carbonyl (C=O) groups excluding carboxylic acids is 1. The van der Waals surface area contributed by atoms with Crippen molar-refractivity contribution in [3.63, 3.8) is 0 Å². The number of nitrogens with zero attached hydrogens (tertiary/aromatic N) is 2. The van der Waals surface area contributed by atoms with E-state index in [0.717, 1.165) is 4.90 Å². The fraction of sp³-hybridized carbons (Fsp3) is 0.182. The molecule has 5 nitrogen and oxygen atoms in total. The Morgan fingerprint density at radius 2 is 2.17 bits per heavy atom. The summed E-state index contributed by atoms with van der Waals surface area (Å²) in [4.78, 5) is 27.6. The maximum atomic E-state index is 12.1. The highest BCUT2D eigenvalue weighted by molar-refractivity contribution is 6.35. The standard InChI is InChI=1S/C11H10Cl2N2O3/c1-2-3-15(6-10(16)17)11(18)7-4-9(13)14-5-8(7)12/h2,4-5H,1,3,6H2,(H,16,17). The van der Waals surface area contributed by atoms with E-state index in [2.05, 4.69) is 11.6 Å². The van der Waals surface area contributed by atoms with Gasteiger partial charge in [-0.1, -0.05) is 29.3 Å². The molecule has 1 amide bonds. The topological polar surface area (TPSA) is 70.5 Å². The van der Waals surface area contributed by atoms with Crippen LogP contribution >= 0.6 is 23.2 Å². The van der Waals surface area contributed by atoms with E-state index in [9.17, 15) is 9.59 Å². The first-order chi connectivity index (χ1) is 8.45. The number of amides is 1. The summed E-state index contributed by atoms with van der Waals surface area (Å²) in [5, 5.41) is 8.95. The lowest BCUT2D eigenvalue weighted by Gasteiger charge is -2.19. The lowest BCUT2D eigenvalue weighted by Crippen LogP contribution is -2.36. The van der Waals surface area contributed by atoms with E-state index in [-0.39, 0.29) is 22.3 Å². The number of aromatic nitrogens is 1. The SMILES string of the molecule is C=CCN(CC(=O)O)C(=O)c1cc(Cl)ncc1Cl. The van der Waals surface area contributed by atoms with Crippen molar-refractivity contribution in [2.75, 3.05) is 13.1 Å². The van der Waals surface area contributed by atoms with Crippen molar-refractivity contribution in [1.29, 1.82) is 0 Å². The molecule has 1 heterocycles. The Balaban J connectivity index is 3.04. The smallest absolute Gasteiger partial charge is 0.323 e. The number of rotatable bonds is 5. The van der Waals surface area contributed by atoms with Crippen LogP contribution in [0, 0.1) is 0 Å². The minimum atomic E-state index is -1.12. The molecule has 0 aromatic carbocycles. The van der Waals surface area contributed by atoms with Gasteiger partial charge in [-0.25, -0.2) is 4.98 Å². The van der Waals surface area contributed by atoms with Crippen molar-refractivity contribution in [1.82, 2.24) is 9.88 Å². The highest BCUT2D eigenvalue weighted by atomic mass is 35.5. The monoisotopic (exact) mass is 288 g/mol. The van der Waals surface area contributed by atoms with Gasteiger partial charge in [0.25, 0.3) is 5.91 Å². The van der Waals surface area contributed by atoms with Gasteiger partial charge in [0.1, 0.15) is 11.7 Å². The summed E-state index contributed by atoms with van der Waals surface area (Å²) in [6, 6.07) is 1.30. The third-order valence-electron chi connectivity index (χ3n) is 2.02. The molecule has 18 heavy (non-hydrogen) atoms. The largest absolute Gasteiger partial charge is 0.480 e. The molecule has 0 saturated heterocycles. The Kier molecular flexibility index (Phi) is 5.12. The molecule has 7 heteroatoms. The Labute approximate surface area is 114 Å². The minimum absolute atomic E-state index is 0.0986. The highest BCUT2D eigenvalue weighted by Crippen LogP contribution is 2.19. The van der Waals surface area contributed by atoms with Crippen LogP contribution in [0.15, 0.2) is 24.9 Å². The first kappa shape index (κ1) is 14.5. The molecule has 0 aliphatic rings. The molecule has 1 N–H and O–H groups in total. The van der Waals surface area contributed by atoms with Crippen LogP contribution in [0.5, 0.6) is 0 Å². The van der Waals surface area contributed by atoms with Gasteiger partial charge in [-0.05, 0) is 6.07 Å². The molecule has 0 aliphatic carbocycles. The Morgan fingerprint density at radius 1 is 1.50 bits per heavy atom. The normalized spacial score (nSPS) is 9.89. The molecule has 0 fully saturated rings. The first-order valence-electron chi connectivity index (χ1n) is 4.88. The van der Waals surface area contributed by atoms with Crippen molar-refractivity contribution in [2.45, 2.75) is 0 Å². The van der Waals surface area contributed by atoms with Gasteiger partial charge < -0.3 is 10.0 Å². The molecule has 0 aliphatic heterocycles. The van der Waals surface area contributed by atoms with Gasteiger partial charge in [0.2, 0.25) is 0 Å². The molecule has 0 spiro atoms. The maximum Gasteiger partial charge on any atom is 0.323 e. The molecule has 96 valence electrons. The third kappa shape index (κ3) is 3.72. The summed E-state index contributed by atoms with van der Waals surface area (Å²) in [6.45, 7) is 3.12. The molecule has 1 rings (SSSR count). The molecular weight excluding hydrogens is 279 g/mol. The Morgan fingerprint density at radius 3 is 2.72 bits per heavy atom. The molecule has 0 unspecified atom stereocenters. The fourth-order valence-electron chi connectivity index (χ4n) is 1.29. The molecule has 0 atom stereocenters. The zero-order valence-corrected chi connectivity index (χ0v) is 10.8. The van der Waals surface area contributed by atoms with Crippen LogP contribution in [0.1, 0.15) is 10.4 Å². The number of carbonyl (C=O) groups is 2. The Hall–Kier alpha value is -1.59. The number of aliphatic carboxylic acids is 1. The number of carboxylic acids is 1. The van der Waals surface area contributed by atoms with Crippen molar-refractivity contribution >= 4 is 35.1 Å². The van der Waals surface area contributed by atoms with Gasteiger partial charge in [-0.15, -0.1) is 6.58 Å². The van der Waals surface area contributed by atoms with E-state index < -0.39 is 18.4 Å². The number of hydrogen-bond donors (Lipinski definition) is 1. The van der Waals surface area contributed by atoms with E-state index in [1.165, 1.54) is 18.3 Å². The summed E-state index contributed by atoms with van der Waals surface area (Å²) >= 11 is 11.5. The summed E-state index contributed by atoms with van der Waals surface area (Å²) in [5.41, 5.74) is 0.111. The molecule has 1 aromatic rings. The predicted molar refractivity (Wildman–Crippen MR) is 68.0 cm³/mol. The van der Waals surface area contributed by atoms with Crippen LogP contribution in [-0.4, -0.2) is 40.0 Å². The van der Waals surface area contributed by atoms with Crippen molar-refractivity contribution in [3.8, 4) is 0 Å². The van der Waals surface area contributed by atoms with Gasteiger partial charge in [0, 0.05) is 12.7 Å². The van der Waals surface area contributed by atoms with Crippen LogP contribution in [-0.2, 0) is 4.79 Å². The van der Waals surface area contributed by atoms with E-state index in [1.807, 2.05) is 0 Å². The number of hydrogen-bond acceptors (Lipinski definition) is 3. The fourth-order valence-corrected chi connectivity index (χ4v) is 1.63. The lowest BCUT2D eigenvalue weighted by molar-refractivity contribution is -0.137. The van der Waals surface area contributed by atoms with E-state index in [4.69, 9.17) is 28.3 Å². The summed E-state index contributed by atoms with van der Waals surface area (Å²) < 4.78 is 0. The number of halogens is 2. The van der Waals surface area contributed by atoms with Gasteiger partial charge in [-0.2, -0.15) is 0 Å². The minimum Gasteiger partial charge on any atom is -0.480 e. The zero-order chi connectivity index (χ0) is 13.7. The summed E-state index contributed by atoms with van der Waals surface area (Å²) in [5.74, 6) is -1.66. The number of pyridine rings is 1. The Bertz CT molecular complexity index is 491. The molecular formula is C11H10Cl2N2O3. The second-order valence-electron chi connectivity index (χ2n) is 3.35. The first-order valence-corrected chi connectivity index (χ1v) is 5.64. The van der Waals surface area contributed by atoms with Crippen molar-refractivity contribution < 1.29 is 14.7 Å². The van der Waals surface area contributed by atoms with Crippen LogP contribution in [0.2, 0.25) is 10.2 Å². The maximum absolute atomic E-state index is 12.1. The van der Waals surface area contributed by atoms with Gasteiger partial charge in [0.15, 0.2) is 0 Å². The quantitative estimate of drug-likeness (QED) is 0.665. The third-order valence-corrected chi connectivity index (χ3v) is 2.52. The predicted octanol–water partition coefficient (Wildman–Crippen LogP) is 2.10. The zero-order valence-electron chi connectivity index (χ0n) is 9.27. The van der Waals surface area contributed by atoms with E-state index in [1.54, 1.807) is 0 Å².